The van der Waals surface area contributed by atoms with Crippen LogP contribution < -0.4 is 5.32 Å². The van der Waals surface area contributed by atoms with Crippen molar-refractivity contribution in [1.29, 1.82) is 0 Å². The monoisotopic (exact) mass is 280 g/mol. The zero-order chi connectivity index (χ0) is 13.9. The number of hydrogen-bond donors (Lipinski definition) is 1. The van der Waals surface area contributed by atoms with Crippen molar-refractivity contribution >= 4 is 16.9 Å². The Morgan fingerprint density at radius 3 is 2.47 bits per heavy atom. The van der Waals surface area contributed by atoms with Gasteiger partial charge >= 0.3 is 0 Å². The van der Waals surface area contributed by atoms with E-state index in [1.807, 2.05) is 11.8 Å². The van der Waals surface area contributed by atoms with Crippen molar-refractivity contribution in [3.8, 4) is 0 Å². The maximum absolute atomic E-state index is 4.79. The first-order valence-corrected chi connectivity index (χ1v) is 8.65. The van der Waals surface area contributed by atoms with E-state index in [1.54, 1.807) is 0 Å². The minimum atomic E-state index is 0.365. The summed E-state index contributed by atoms with van der Waals surface area (Å²) in [5.41, 5.74) is 1.28. The number of hydrogen-bond acceptors (Lipinski definition) is 3. The second-order valence-corrected chi connectivity index (χ2v) is 9.53. The molecule has 2 aliphatic carbocycles. The quantitative estimate of drug-likeness (QED) is 0.787. The lowest BCUT2D eigenvalue weighted by Gasteiger charge is -2.44. The number of thioether (sulfide) groups is 1. The van der Waals surface area contributed by atoms with Gasteiger partial charge in [-0.3, -0.25) is 4.99 Å². The highest BCUT2D eigenvalue weighted by atomic mass is 32.2. The molecule has 2 fully saturated rings. The SMILES string of the molecule is CC1(C)CN=C(NC2C3(C)CCC(C3)C2(C)C)SC1. The van der Waals surface area contributed by atoms with Gasteiger partial charge in [-0.1, -0.05) is 46.4 Å². The van der Waals surface area contributed by atoms with Gasteiger partial charge in [-0.2, -0.15) is 0 Å². The van der Waals surface area contributed by atoms with E-state index in [9.17, 15) is 0 Å². The molecule has 3 rings (SSSR count). The Kier molecular flexibility index (Phi) is 3.02. The molecule has 1 N–H and O–H groups in total. The summed E-state index contributed by atoms with van der Waals surface area (Å²) in [6, 6.07) is 0.603. The molecular weight excluding hydrogens is 252 g/mol. The third-order valence-corrected chi connectivity index (χ3v) is 7.23. The van der Waals surface area contributed by atoms with Gasteiger partial charge in [-0.25, -0.2) is 0 Å². The summed E-state index contributed by atoms with van der Waals surface area (Å²) in [6.45, 7) is 13.0. The predicted octanol–water partition coefficient (Wildman–Crippen LogP) is 3.92. The van der Waals surface area contributed by atoms with Crippen LogP contribution in [0.15, 0.2) is 4.99 Å². The van der Waals surface area contributed by atoms with Crippen LogP contribution in [0, 0.1) is 22.2 Å². The van der Waals surface area contributed by atoms with Gasteiger partial charge in [0.2, 0.25) is 0 Å². The fraction of sp³-hybridized carbons (Fsp3) is 0.938. The number of amidine groups is 1. The summed E-state index contributed by atoms with van der Waals surface area (Å²) < 4.78 is 0. The van der Waals surface area contributed by atoms with Crippen LogP contribution in [0.3, 0.4) is 0 Å². The van der Waals surface area contributed by atoms with E-state index in [1.165, 1.54) is 30.2 Å². The molecule has 1 heterocycles. The molecule has 0 aromatic rings. The number of rotatable bonds is 1. The normalized spacial score (nSPS) is 43.1. The molecular formula is C16H28N2S. The molecule has 3 atom stereocenters. The number of nitrogens with one attached hydrogen (secondary N) is 1. The van der Waals surface area contributed by atoms with Crippen molar-refractivity contribution in [1.82, 2.24) is 5.32 Å². The van der Waals surface area contributed by atoms with Crippen molar-refractivity contribution in [2.75, 3.05) is 12.3 Å². The lowest BCUT2D eigenvalue weighted by Crippen LogP contribution is -2.52. The van der Waals surface area contributed by atoms with E-state index in [2.05, 4.69) is 39.9 Å². The minimum Gasteiger partial charge on any atom is -0.361 e. The smallest absolute Gasteiger partial charge is 0.156 e. The highest BCUT2D eigenvalue weighted by Gasteiger charge is 2.59. The fourth-order valence-electron chi connectivity index (χ4n) is 4.51. The first-order valence-electron chi connectivity index (χ1n) is 7.67. The standard InChI is InChI=1S/C16H28N2S/c1-14(2)9-17-13(19-10-14)18-12-15(3,4)11-6-7-16(12,5)8-11/h11-12H,6-10H2,1-5H3,(H,17,18). The molecule has 2 bridgehead atoms. The highest BCUT2D eigenvalue weighted by molar-refractivity contribution is 8.13. The van der Waals surface area contributed by atoms with E-state index < -0.39 is 0 Å². The second-order valence-electron chi connectivity index (χ2n) is 8.57. The number of fused-ring (bicyclic) bond motifs is 2. The first-order chi connectivity index (χ1) is 8.73. The molecule has 3 heteroatoms. The van der Waals surface area contributed by atoms with Gasteiger partial charge in [0.1, 0.15) is 0 Å². The van der Waals surface area contributed by atoms with E-state index >= 15 is 0 Å². The second kappa shape index (κ2) is 4.16. The van der Waals surface area contributed by atoms with Crippen molar-refractivity contribution in [3.05, 3.63) is 0 Å². The van der Waals surface area contributed by atoms with E-state index in [0.717, 1.165) is 12.5 Å². The van der Waals surface area contributed by atoms with Crippen LogP contribution in [0.1, 0.15) is 53.9 Å². The molecule has 3 aliphatic rings. The molecule has 0 aromatic carbocycles. The molecule has 2 saturated carbocycles. The van der Waals surface area contributed by atoms with E-state index in [4.69, 9.17) is 4.99 Å². The molecule has 0 amide bonds. The first kappa shape index (κ1) is 13.8. The molecule has 0 saturated heterocycles. The minimum absolute atomic E-state index is 0.365. The predicted molar refractivity (Wildman–Crippen MR) is 84.7 cm³/mol. The van der Waals surface area contributed by atoms with Crippen molar-refractivity contribution in [2.45, 2.75) is 59.9 Å². The fourth-order valence-corrected chi connectivity index (χ4v) is 5.49. The van der Waals surface area contributed by atoms with E-state index in [0.29, 0.717) is 22.3 Å². The van der Waals surface area contributed by atoms with Crippen LogP contribution in [0.2, 0.25) is 0 Å². The van der Waals surface area contributed by atoms with Crippen molar-refractivity contribution in [3.63, 3.8) is 0 Å². The molecule has 3 unspecified atom stereocenters. The lowest BCUT2D eigenvalue weighted by atomic mass is 9.68. The van der Waals surface area contributed by atoms with Gasteiger partial charge in [0.05, 0.1) is 0 Å². The van der Waals surface area contributed by atoms with Crippen LogP contribution in [0.4, 0.5) is 0 Å². The van der Waals surface area contributed by atoms with Gasteiger partial charge in [-0.05, 0) is 41.4 Å². The Morgan fingerprint density at radius 1 is 1.21 bits per heavy atom. The van der Waals surface area contributed by atoms with Crippen LogP contribution >= 0.6 is 11.8 Å². The lowest BCUT2D eigenvalue weighted by molar-refractivity contribution is 0.126. The van der Waals surface area contributed by atoms with Crippen LogP contribution in [0.5, 0.6) is 0 Å². The average molecular weight is 280 g/mol. The van der Waals surface area contributed by atoms with Crippen LogP contribution in [-0.4, -0.2) is 23.5 Å². The number of nitrogens with zero attached hydrogens (tertiary/aromatic N) is 1. The zero-order valence-corrected chi connectivity index (χ0v) is 13.9. The molecule has 1 aliphatic heterocycles. The summed E-state index contributed by atoms with van der Waals surface area (Å²) >= 11 is 1.92. The van der Waals surface area contributed by atoms with Gasteiger partial charge in [-0.15, -0.1) is 0 Å². The number of aliphatic imine (C=N–C) groups is 1. The Morgan fingerprint density at radius 2 is 1.95 bits per heavy atom. The third kappa shape index (κ3) is 2.22. The van der Waals surface area contributed by atoms with Gasteiger partial charge < -0.3 is 5.32 Å². The third-order valence-electron chi connectivity index (χ3n) is 5.79. The Balaban J connectivity index is 1.75. The van der Waals surface area contributed by atoms with Gasteiger partial charge in [0, 0.05) is 18.3 Å². The molecule has 0 spiro atoms. The molecule has 19 heavy (non-hydrogen) atoms. The topological polar surface area (TPSA) is 24.4 Å². The van der Waals surface area contributed by atoms with Gasteiger partial charge in [0.25, 0.3) is 0 Å². The van der Waals surface area contributed by atoms with Crippen LogP contribution in [0.25, 0.3) is 0 Å². The summed E-state index contributed by atoms with van der Waals surface area (Å²) in [5, 5.41) is 5.03. The van der Waals surface area contributed by atoms with Crippen molar-refractivity contribution in [2.24, 2.45) is 27.2 Å². The maximum atomic E-state index is 4.79. The van der Waals surface area contributed by atoms with Gasteiger partial charge in [0.15, 0.2) is 5.17 Å². The summed E-state index contributed by atoms with van der Waals surface area (Å²) in [6.07, 6.45) is 4.22. The average Bonchev–Trinajstić information content (AvgIpc) is 2.77. The molecule has 2 nitrogen and oxygen atoms in total. The molecule has 0 aromatic heterocycles. The largest absolute Gasteiger partial charge is 0.361 e. The molecule has 108 valence electrons. The summed E-state index contributed by atoms with van der Waals surface area (Å²) in [4.78, 5) is 4.79. The summed E-state index contributed by atoms with van der Waals surface area (Å²) in [7, 11) is 0. The Bertz CT molecular complexity index is 408. The van der Waals surface area contributed by atoms with Crippen molar-refractivity contribution < 1.29 is 0 Å². The van der Waals surface area contributed by atoms with E-state index in [-0.39, 0.29) is 0 Å². The summed E-state index contributed by atoms with van der Waals surface area (Å²) in [5.74, 6) is 2.09. The zero-order valence-electron chi connectivity index (χ0n) is 13.0. The Hall–Kier alpha value is -0.180. The Labute approximate surface area is 122 Å². The van der Waals surface area contributed by atoms with Crippen LogP contribution in [-0.2, 0) is 0 Å². The highest BCUT2D eigenvalue weighted by Crippen LogP contribution is 2.62. The molecule has 0 radical (unpaired) electrons. The maximum Gasteiger partial charge on any atom is 0.156 e.